The number of Topliss-reactive ketones (excluding diaryl/α,β-unsaturated/α-hetero) is 2. The molecule has 0 fully saturated rings. The number of ketones is 2. The van der Waals surface area contributed by atoms with Crippen molar-refractivity contribution in [3.63, 3.8) is 0 Å². The van der Waals surface area contributed by atoms with Gasteiger partial charge in [0.25, 0.3) is 6.43 Å². The van der Waals surface area contributed by atoms with Crippen molar-refractivity contribution in [3.8, 4) is 0 Å². The molecule has 1 aliphatic rings. The van der Waals surface area contributed by atoms with E-state index in [0.717, 1.165) is 14.2 Å². The van der Waals surface area contributed by atoms with Gasteiger partial charge in [-0.05, 0) is 6.42 Å². The van der Waals surface area contributed by atoms with Crippen molar-refractivity contribution in [2.75, 3.05) is 14.2 Å². The molecular formula is C14H16F2O4. The average Bonchev–Trinajstić information content (AvgIpc) is 2.71. The van der Waals surface area contributed by atoms with E-state index in [2.05, 4.69) is 4.74 Å². The minimum absolute atomic E-state index is 0.277. The molecule has 0 saturated carbocycles. The topological polar surface area (TPSA) is 63.6 Å². The summed E-state index contributed by atoms with van der Waals surface area (Å²) in [5.74, 6) is -1.82. The first-order chi connectivity index (χ1) is 9.56. The third kappa shape index (κ3) is 3.08. The van der Waals surface area contributed by atoms with E-state index in [1.54, 1.807) is 24.3 Å². The zero-order chi connectivity index (χ0) is 15.3. The molecule has 0 bridgehead atoms. The maximum Gasteiger partial charge on any atom is 0.264 e. The second-order valence-electron chi connectivity index (χ2n) is 4.17. The fraction of sp³-hybridized carbons (Fsp3) is 0.429. The highest BCUT2D eigenvalue weighted by atomic mass is 19.3. The minimum Gasteiger partial charge on any atom is -0.400 e. The molecule has 0 heterocycles. The summed E-state index contributed by atoms with van der Waals surface area (Å²) in [6.45, 7) is 0. The van der Waals surface area contributed by atoms with Crippen molar-refractivity contribution in [3.05, 3.63) is 35.4 Å². The Morgan fingerprint density at radius 2 is 1.60 bits per heavy atom. The van der Waals surface area contributed by atoms with E-state index in [1.807, 2.05) is 0 Å². The van der Waals surface area contributed by atoms with Crippen LogP contribution in [0.5, 0.6) is 0 Å². The number of benzene rings is 1. The lowest BCUT2D eigenvalue weighted by Crippen LogP contribution is -2.28. The van der Waals surface area contributed by atoms with Crippen LogP contribution in [0.15, 0.2) is 24.3 Å². The molecule has 20 heavy (non-hydrogen) atoms. The summed E-state index contributed by atoms with van der Waals surface area (Å²) in [7, 11) is 2.15. The number of ether oxygens (including phenoxy) is 1. The van der Waals surface area contributed by atoms with Gasteiger partial charge in [0.05, 0.1) is 5.92 Å². The Hall–Kier alpha value is -1.66. The van der Waals surface area contributed by atoms with Crippen LogP contribution in [-0.4, -0.2) is 43.4 Å². The molecule has 1 aromatic rings. The van der Waals surface area contributed by atoms with Gasteiger partial charge in [-0.1, -0.05) is 24.3 Å². The highest BCUT2D eigenvalue weighted by molar-refractivity contribution is 6.26. The Morgan fingerprint density at radius 1 is 1.15 bits per heavy atom. The van der Waals surface area contributed by atoms with Crippen molar-refractivity contribution < 1.29 is 28.2 Å². The number of methoxy groups -OCH3 is 1. The van der Waals surface area contributed by atoms with Crippen LogP contribution < -0.4 is 0 Å². The Morgan fingerprint density at radius 3 is 1.95 bits per heavy atom. The molecule has 0 saturated heterocycles. The Kier molecular flexibility index (Phi) is 5.91. The van der Waals surface area contributed by atoms with Gasteiger partial charge in [0.2, 0.25) is 0 Å². The van der Waals surface area contributed by atoms with Crippen LogP contribution in [0.2, 0.25) is 0 Å². The van der Waals surface area contributed by atoms with E-state index in [0.29, 0.717) is 11.1 Å². The largest absolute Gasteiger partial charge is 0.400 e. The van der Waals surface area contributed by atoms with Gasteiger partial charge < -0.3 is 9.84 Å². The second-order valence-corrected chi connectivity index (χ2v) is 4.17. The first-order valence-corrected chi connectivity index (χ1v) is 5.99. The number of rotatable bonds is 4. The molecule has 0 aliphatic heterocycles. The highest BCUT2D eigenvalue weighted by Gasteiger charge is 2.40. The number of halogens is 2. The van der Waals surface area contributed by atoms with Crippen LogP contribution in [0.25, 0.3) is 0 Å². The molecule has 0 aromatic heterocycles. The Bertz CT molecular complexity index is 453. The number of carbonyl (C=O) groups is 2. The summed E-state index contributed by atoms with van der Waals surface area (Å²) in [6, 6.07) is 6.38. The van der Waals surface area contributed by atoms with Crippen molar-refractivity contribution in [1.82, 2.24) is 0 Å². The molecule has 0 amide bonds. The molecule has 2 rings (SSSR count). The molecular weight excluding hydrogens is 270 g/mol. The van der Waals surface area contributed by atoms with Gasteiger partial charge in [0, 0.05) is 25.3 Å². The molecule has 1 atom stereocenters. The number of hydrogen-bond acceptors (Lipinski definition) is 4. The van der Waals surface area contributed by atoms with Gasteiger partial charge >= 0.3 is 0 Å². The summed E-state index contributed by atoms with van der Waals surface area (Å²) in [6.07, 6.45) is -4.38. The lowest BCUT2D eigenvalue weighted by atomic mass is 9.96. The summed E-state index contributed by atoms with van der Waals surface area (Å²) in [4.78, 5) is 23.9. The summed E-state index contributed by atoms with van der Waals surface area (Å²) < 4.78 is 29.8. The highest BCUT2D eigenvalue weighted by Crippen LogP contribution is 2.31. The maximum atomic E-state index is 12.6. The maximum absolute atomic E-state index is 12.6. The molecule has 4 nitrogen and oxygen atoms in total. The molecule has 110 valence electrons. The van der Waals surface area contributed by atoms with E-state index < -0.39 is 30.0 Å². The third-order valence-electron chi connectivity index (χ3n) is 3.14. The number of aliphatic hydroxyl groups is 1. The van der Waals surface area contributed by atoms with Crippen LogP contribution in [0.1, 0.15) is 27.1 Å². The first-order valence-electron chi connectivity index (χ1n) is 5.99. The number of carbonyl (C=O) groups excluding carboxylic acids is 2. The van der Waals surface area contributed by atoms with Gasteiger partial charge in [0.1, 0.15) is 6.10 Å². The average molecular weight is 286 g/mol. The van der Waals surface area contributed by atoms with Crippen molar-refractivity contribution >= 4 is 11.6 Å². The summed E-state index contributed by atoms with van der Waals surface area (Å²) in [5, 5.41) is 7.00. The quantitative estimate of drug-likeness (QED) is 0.859. The molecule has 0 spiro atoms. The van der Waals surface area contributed by atoms with Crippen LogP contribution in [-0.2, 0) is 4.74 Å². The normalized spacial score (nSPS) is 15.9. The fourth-order valence-electron chi connectivity index (χ4n) is 2.16. The number of aliphatic hydroxyl groups excluding tert-OH is 1. The fourth-order valence-corrected chi connectivity index (χ4v) is 2.16. The molecule has 1 aliphatic carbocycles. The van der Waals surface area contributed by atoms with E-state index >= 15 is 0 Å². The van der Waals surface area contributed by atoms with Gasteiger partial charge in [-0.15, -0.1) is 0 Å². The molecule has 6 heteroatoms. The lowest BCUT2D eigenvalue weighted by Gasteiger charge is -2.16. The van der Waals surface area contributed by atoms with E-state index in [9.17, 15) is 18.4 Å². The standard InChI is InChI=1S/C13H12F2O3.CH4O/c1-18-10(13(14)15)6-9-11(16)7-4-2-3-5-8(7)12(9)17;1-2/h2-5,9-10,13H,6H2,1H3;2H,1H3. The van der Waals surface area contributed by atoms with E-state index in [-0.39, 0.29) is 6.42 Å². The minimum atomic E-state index is -2.71. The third-order valence-corrected chi connectivity index (χ3v) is 3.14. The number of fused-ring (bicyclic) bond motifs is 1. The summed E-state index contributed by atoms with van der Waals surface area (Å²) in [5.41, 5.74) is 0.633. The van der Waals surface area contributed by atoms with E-state index in [1.165, 1.54) is 0 Å². The monoisotopic (exact) mass is 286 g/mol. The Balaban J connectivity index is 0.000000956. The Labute approximate surface area is 115 Å². The predicted octanol–water partition coefficient (Wildman–Crippen LogP) is 1.96. The van der Waals surface area contributed by atoms with E-state index in [4.69, 9.17) is 5.11 Å². The zero-order valence-electron chi connectivity index (χ0n) is 11.2. The first kappa shape index (κ1) is 16.4. The number of hydrogen-bond donors (Lipinski definition) is 1. The second kappa shape index (κ2) is 7.21. The van der Waals surface area contributed by atoms with Crippen LogP contribution in [0, 0.1) is 5.92 Å². The molecule has 0 radical (unpaired) electrons. The molecule has 1 N–H and O–H groups in total. The SMILES string of the molecule is CO.COC(CC1C(=O)c2ccccc2C1=O)C(F)F. The van der Waals surface area contributed by atoms with Crippen LogP contribution in [0.3, 0.4) is 0 Å². The van der Waals surface area contributed by atoms with Gasteiger partial charge in [0.15, 0.2) is 11.6 Å². The van der Waals surface area contributed by atoms with Gasteiger partial charge in [-0.3, -0.25) is 9.59 Å². The van der Waals surface area contributed by atoms with Crippen LogP contribution in [0.4, 0.5) is 8.78 Å². The predicted molar refractivity (Wildman–Crippen MR) is 68.2 cm³/mol. The molecule has 1 aromatic carbocycles. The number of alkyl halides is 2. The lowest BCUT2D eigenvalue weighted by molar-refractivity contribution is -0.0406. The van der Waals surface area contributed by atoms with Crippen molar-refractivity contribution in [1.29, 1.82) is 0 Å². The van der Waals surface area contributed by atoms with Gasteiger partial charge in [-0.25, -0.2) is 8.78 Å². The zero-order valence-corrected chi connectivity index (χ0v) is 11.2. The van der Waals surface area contributed by atoms with Crippen molar-refractivity contribution in [2.24, 2.45) is 5.92 Å². The summed E-state index contributed by atoms with van der Waals surface area (Å²) >= 11 is 0. The van der Waals surface area contributed by atoms with Crippen LogP contribution >= 0.6 is 0 Å². The van der Waals surface area contributed by atoms with Gasteiger partial charge in [-0.2, -0.15) is 0 Å². The molecule has 1 unspecified atom stereocenters. The van der Waals surface area contributed by atoms with Crippen molar-refractivity contribution in [2.45, 2.75) is 19.0 Å². The smallest absolute Gasteiger partial charge is 0.264 e.